The minimum absolute atomic E-state index is 0.0306. The molecule has 1 aromatic rings. The van der Waals surface area contributed by atoms with Gasteiger partial charge < -0.3 is 16.2 Å². The summed E-state index contributed by atoms with van der Waals surface area (Å²) >= 11 is 1.40. The molecule has 1 amide bonds. The molecule has 108 valence electrons. The number of thiazole rings is 1. The van der Waals surface area contributed by atoms with Gasteiger partial charge in [-0.3, -0.25) is 4.79 Å². The molecule has 0 radical (unpaired) electrons. The molecule has 0 aromatic carbocycles. The highest BCUT2D eigenvalue weighted by molar-refractivity contribution is 7.09. The molecular weight excluding hydrogens is 262 g/mol. The van der Waals surface area contributed by atoms with E-state index in [0.717, 1.165) is 17.8 Å². The second kappa shape index (κ2) is 7.57. The van der Waals surface area contributed by atoms with Crippen LogP contribution >= 0.6 is 11.3 Å². The van der Waals surface area contributed by atoms with Gasteiger partial charge in [0.15, 0.2) is 0 Å². The van der Waals surface area contributed by atoms with E-state index in [4.69, 9.17) is 10.8 Å². The third-order valence-electron chi connectivity index (χ3n) is 3.73. The summed E-state index contributed by atoms with van der Waals surface area (Å²) in [6, 6.07) is 0. The maximum Gasteiger partial charge on any atom is 0.270 e. The summed E-state index contributed by atoms with van der Waals surface area (Å²) in [5.74, 6) is -0.167. The topological polar surface area (TPSA) is 88.2 Å². The molecule has 6 heteroatoms. The van der Waals surface area contributed by atoms with Crippen LogP contribution in [0.15, 0.2) is 5.38 Å². The van der Waals surface area contributed by atoms with Crippen LogP contribution in [0.5, 0.6) is 0 Å². The summed E-state index contributed by atoms with van der Waals surface area (Å²) in [6.07, 6.45) is 2.55. The van der Waals surface area contributed by atoms with E-state index in [0.29, 0.717) is 25.2 Å². The predicted octanol–water partition coefficient (Wildman–Crippen LogP) is 1.52. The molecule has 0 bridgehead atoms. The van der Waals surface area contributed by atoms with Crippen LogP contribution in [0, 0.1) is 5.41 Å². The van der Waals surface area contributed by atoms with Crippen LogP contribution < -0.4 is 11.1 Å². The van der Waals surface area contributed by atoms with E-state index >= 15 is 0 Å². The van der Waals surface area contributed by atoms with Crippen LogP contribution in [-0.2, 0) is 6.54 Å². The monoisotopic (exact) mass is 285 g/mol. The number of nitrogens with one attached hydrogen (secondary N) is 1. The first kappa shape index (κ1) is 16.1. The van der Waals surface area contributed by atoms with Crippen molar-refractivity contribution in [3.63, 3.8) is 0 Å². The van der Waals surface area contributed by atoms with Crippen molar-refractivity contribution in [1.82, 2.24) is 10.3 Å². The summed E-state index contributed by atoms with van der Waals surface area (Å²) < 4.78 is 0. The lowest BCUT2D eigenvalue weighted by Gasteiger charge is -2.31. The molecule has 0 unspecified atom stereocenters. The van der Waals surface area contributed by atoms with Crippen LogP contribution in [-0.4, -0.2) is 29.1 Å². The van der Waals surface area contributed by atoms with Crippen LogP contribution in [0.3, 0.4) is 0 Å². The van der Waals surface area contributed by atoms with Gasteiger partial charge in [0.05, 0.1) is 0 Å². The normalized spacial score (nSPS) is 11.6. The van der Waals surface area contributed by atoms with E-state index in [1.54, 1.807) is 5.38 Å². The van der Waals surface area contributed by atoms with E-state index in [9.17, 15) is 4.79 Å². The Morgan fingerprint density at radius 1 is 1.53 bits per heavy atom. The summed E-state index contributed by atoms with van der Waals surface area (Å²) in [5.41, 5.74) is 5.87. The molecule has 1 rings (SSSR count). The molecule has 0 fully saturated rings. The number of rotatable bonds is 8. The first-order valence-electron chi connectivity index (χ1n) is 6.64. The number of aromatic nitrogens is 1. The van der Waals surface area contributed by atoms with Gasteiger partial charge in [-0.2, -0.15) is 0 Å². The first-order chi connectivity index (χ1) is 9.10. The van der Waals surface area contributed by atoms with Crippen molar-refractivity contribution >= 4 is 17.2 Å². The molecule has 5 nitrogen and oxygen atoms in total. The molecule has 0 atom stereocenters. The number of hydrogen-bond acceptors (Lipinski definition) is 5. The van der Waals surface area contributed by atoms with Crippen LogP contribution in [0.2, 0.25) is 0 Å². The lowest BCUT2D eigenvalue weighted by Crippen LogP contribution is -2.37. The molecule has 0 saturated heterocycles. The summed E-state index contributed by atoms with van der Waals surface area (Å²) in [5, 5.41) is 14.5. The molecule has 0 spiro atoms. The lowest BCUT2D eigenvalue weighted by atomic mass is 9.79. The van der Waals surface area contributed by atoms with Crippen molar-refractivity contribution in [1.29, 1.82) is 0 Å². The van der Waals surface area contributed by atoms with Crippen molar-refractivity contribution in [2.24, 2.45) is 11.1 Å². The third-order valence-corrected chi connectivity index (χ3v) is 4.60. The second-order valence-corrected chi connectivity index (χ2v) is 5.64. The zero-order valence-corrected chi connectivity index (χ0v) is 12.4. The van der Waals surface area contributed by atoms with Gasteiger partial charge in [-0.25, -0.2) is 4.98 Å². The van der Waals surface area contributed by atoms with Gasteiger partial charge in [-0.15, -0.1) is 11.3 Å². The van der Waals surface area contributed by atoms with Gasteiger partial charge in [-0.1, -0.05) is 13.8 Å². The fraction of sp³-hybridized carbons (Fsp3) is 0.692. The van der Waals surface area contributed by atoms with E-state index in [1.165, 1.54) is 11.3 Å². The standard InChI is InChI=1S/C13H23N3O2S/c1-3-13(4-2,5-6-17)9-15-12(18)10-8-19-11(7-14)16-10/h8,17H,3-7,9,14H2,1-2H3,(H,15,18). The maximum absolute atomic E-state index is 12.0. The highest BCUT2D eigenvalue weighted by Gasteiger charge is 2.26. The minimum Gasteiger partial charge on any atom is -0.396 e. The summed E-state index contributed by atoms with van der Waals surface area (Å²) in [7, 11) is 0. The molecule has 0 aliphatic carbocycles. The molecular formula is C13H23N3O2S. The first-order valence-corrected chi connectivity index (χ1v) is 7.52. The van der Waals surface area contributed by atoms with Gasteiger partial charge in [0.2, 0.25) is 0 Å². The van der Waals surface area contributed by atoms with Crippen molar-refractivity contribution in [2.75, 3.05) is 13.2 Å². The van der Waals surface area contributed by atoms with E-state index in [2.05, 4.69) is 24.1 Å². The van der Waals surface area contributed by atoms with Gasteiger partial charge >= 0.3 is 0 Å². The van der Waals surface area contributed by atoms with Crippen molar-refractivity contribution in [2.45, 2.75) is 39.7 Å². The maximum atomic E-state index is 12.0. The average molecular weight is 285 g/mol. The molecule has 19 heavy (non-hydrogen) atoms. The van der Waals surface area contributed by atoms with Gasteiger partial charge in [-0.05, 0) is 24.7 Å². The minimum atomic E-state index is -0.167. The molecule has 0 aliphatic rings. The average Bonchev–Trinajstić information content (AvgIpc) is 2.92. The Morgan fingerprint density at radius 3 is 2.68 bits per heavy atom. The SMILES string of the molecule is CCC(CC)(CCO)CNC(=O)c1csc(CN)n1. The molecule has 0 aliphatic heterocycles. The number of amides is 1. The van der Waals surface area contributed by atoms with Crippen LogP contribution in [0.25, 0.3) is 0 Å². The Morgan fingerprint density at radius 2 is 2.21 bits per heavy atom. The molecule has 1 aromatic heterocycles. The zero-order chi connectivity index (χ0) is 14.3. The highest BCUT2D eigenvalue weighted by Crippen LogP contribution is 2.29. The molecule has 1 heterocycles. The Balaban J connectivity index is 2.61. The van der Waals surface area contributed by atoms with Crippen molar-refractivity contribution in [3.8, 4) is 0 Å². The fourth-order valence-electron chi connectivity index (χ4n) is 2.05. The van der Waals surface area contributed by atoms with Crippen LogP contribution in [0.1, 0.15) is 48.6 Å². The van der Waals surface area contributed by atoms with Crippen molar-refractivity contribution < 1.29 is 9.90 Å². The number of nitrogens with zero attached hydrogens (tertiary/aromatic N) is 1. The highest BCUT2D eigenvalue weighted by atomic mass is 32.1. The number of nitrogens with two attached hydrogens (primary N) is 1. The van der Waals surface area contributed by atoms with E-state index in [-0.39, 0.29) is 17.9 Å². The Kier molecular flexibility index (Phi) is 6.41. The number of hydrogen-bond donors (Lipinski definition) is 3. The Labute approximate surface area is 118 Å². The number of aliphatic hydroxyl groups is 1. The number of carbonyl (C=O) groups excluding carboxylic acids is 1. The number of carbonyl (C=O) groups is 1. The van der Waals surface area contributed by atoms with Crippen LogP contribution in [0.4, 0.5) is 0 Å². The van der Waals surface area contributed by atoms with Gasteiger partial charge in [0, 0.05) is 25.1 Å². The predicted molar refractivity (Wildman–Crippen MR) is 77.1 cm³/mol. The summed E-state index contributed by atoms with van der Waals surface area (Å²) in [6.45, 7) is 5.23. The zero-order valence-electron chi connectivity index (χ0n) is 11.6. The van der Waals surface area contributed by atoms with E-state index in [1.807, 2.05) is 0 Å². The molecule has 0 saturated carbocycles. The Hall–Kier alpha value is -0.980. The summed E-state index contributed by atoms with van der Waals surface area (Å²) in [4.78, 5) is 16.1. The quantitative estimate of drug-likeness (QED) is 0.675. The molecule has 4 N–H and O–H groups in total. The lowest BCUT2D eigenvalue weighted by molar-refractivity contribution is 0.0903. The Bertz CT molecular complexity index is 402. The largest absolute Gasteiger partial charge is 0.396 e. The van der Waals surface area contributed by atoms with Crippen molar-refractivity contribution in [3.05, 3.63) is 16.1 Å². The number of aliphatic hydroxyl groups excluding tert-OH is 1. The fourth-order valence-corrected chi connectivity index (χ4v) is 2.70. The third kappa shape index (κ3) is 4.26. The smallest absolute Gasteiger partial charge is 0.270 e. The second-order valence-electron chi connectivity index (χ2n) is 4.69. The van der Waals surface area contributed by atoms with Gasteiger partial charge in [0.25, 0.3) is 5.91 Å². The van der Waals surface area contributed by atoms with E-state index < -0.39 is 0 Å². The van der Waals surface area contributed by atoms with Gasteiger partial charge in [0.1, 0.15) is 10.7 Å².